The van der Waals surface area contributed by atoms with E-state index in [0.717, 1.165) is 25.0 Å². The van der Waals surface area contributed by atoms with Crippen molar-refractivity contribution in [3.05, 3.63) is 41.3 Å². The summed E-state index contributed by atoms with van der Waals surface area (Å²) in [4.78, 5) is 19.6. The molecule has 4 rings (SSSR count). The maximum Gasteiger partial charge on any atom is 0.254 e. The van der Waals surface area contributed by atoms with Crippen molar-refractivity contribution in [2.75, 3.05) is 19.6 Å². The molecule has 1 aromatic carbocycles. The van der Waals surface area contributed by atoms with Gasteiger partial charge in [-0.1, -0.05) is 6.92 Å². The van der Waals surface area contributed by atoms with Gasteiger partial charge >= 0.3 is 0 Å². The molecule has 1 aliphatic heterocycles. The maximum atomic E-state index is 13.7. The quantitative estimate of drug-likeness (QED) is 0.942. The van der Waals surface area contributed by atoms with Gasteiger partial charge in [-0.05, 0) is 55.5 Å². The van der Waals surface area contributed by atoms with E-state index in [4.69, 9.17) is 5.73 Å². The minimum Gasteiger partial charge on any atom is -0.338 e. The number of carbonyl (C=O) groups is 1. The van der Waals surface area contributed by atoms with Crippen LogP contribution < -0.4 is 5.73 Å². The minimum atomic E-state index is -0.342. The van der Waals surface area contributed by atoms with Crippen LogP contribution in [0.4, 0.5) is 4.39 Å². The zero-order valence-corrected chi connectivity index (χ0v) is 13.9. The maximum absolute atomic E-state index is 13.7. The molecule has 1 aliphatic carbocycles. The van der Waals surface area contributed by atoms with E-state index in [9.17, 15) is 9.18 Å². The molecular weight excluding hydrogens is 305 g/mol. The van der Waals surface area contributed by atoms with Crippen molar-refractivity contribution in [2.45, 2.75) is 32.1 Å². The first-order valence-electron chi connectivity index (χ1n) is 8.59. The molecule has 4 nitrogen and oxygen atoms in total. The summed E-state index contributed by atoms with van der Waals surface area (Å²) in [5, 5.41) is 0.603. The summed E-state index contributed by atoms with van der Waals surface area (Å²) in [6.07, 6.45) is 3.13. The lowest BCUT2D eigenvalue weighted by Crippen LogP contribution is -2.34. The molecule has 2 aliphatic rings. The van der Waals surface area contributed by atoms with Gasteiger partial charge in [0.25, 0.3) is 5.91 Å². The summed E-state index contributed by atoms with van der Waals surface area (Å²) >= 11 is 0. The van der Waals surface area contributed by atoms with Crippen LogP contribution in [-0.4, -0.2) is 35.4 Å². The summed E-state index contributed by atoms with van der Waals surface area (Å²) in [6, 6.07) is 6.37. The van der Waals surface area contributed by atoms with Crippen LogP contribution in [0.1, 0.15) is 48.2 Å². The lowest BCUT2D eigenvalue weighted by molar-refractivity contribution is 0.0778. The molecule has 24 heavy (non-hydrogen) atoms. The summed E-state index contributed by atoms with van der Waals surface area (Å²) < 4.78 is 13.7. The predicted octanol–water partition coefficient (Wildman–Crippen LogP) is 3.06. The zero-order valence-electron chi connectivity index (χ0n) is 13.9. The van der Waals surface area contributed by atoms with Crippen LogP contribution in [0.2, 0.25) is 0 Å². The van der Waals surface area contributed by atoms with Crippen LogP contribution in [0.15, 0.2) is 24.3 Å². The predicted molar refractivity (Wildman–Crippen MR) is 91.4 cm³/mol. The Kier molecular flexibility index (Phi) is 3.57. The van der Waals surface area contributed by atoms with Crippen LogP contribution in [0, 0.1) is 11.2 Å². The Labute approximate surface area is 140 Å². The highest BCUT2D eigenvalue weighted by Gasteiger charge is 2.36. The first-order chi connectivity index (χ1) is 11.5. The van der Waals surface area contributed by atoms with Gasteiger partial charge in [-0.25, -0.2) is 4.39 Å². The fourth-order valence-electron chi connectivity index (χ4n) is 3.52. The molecule has 5 heteroatoms. The van der Waals surface area contributed by atoms with Crippen LogP contribution in [0.5, 0.6) is 0 Å². The Morgan fingerprint density at radius 3 is 2.88 bits per heavy atom. The Bertz CT molecular complexity index is 818. The minimum absolute atomic E-state index is 0.0247. The van der Waals surface area contributed by atoms with E-state index >= 15 is 0 Å². The molecule has 2 fully saturated rings. The number of nitrogens with zero attached hydrogens (tertiary/aromatic N) is 2. The van der Waals surface area contributed by atoms with E-state index in [0.29, 0.717) is 42.0 Å². The molecule has 0 radical (unpaired) electrons. The highest BCUT2D eigenvalue weighted by molar-refractivity contribution is 6.06. The van der Waals surface area contributed by atoms with Crippen molar-refractivity contribution < 1.29 is 9.18 Å². The molecule has 1 aromatic heterocycles. The third kappa shape index (κ3) is 2.67. The van der Waals surface area contributed by atoms with E-state index in [2.05, 4.69) is 11.9 Å². The SMILES string of the molecule is CC1(CN)CCN(C(=O)c2cc(C3CC3)nc3ccc(F)cc23)C1. The van der Waals surface area contributed by atoms with Crippen molar-refractivity contribution in [3.63, 3.8) is 0 Å². The Morgan fingerprint density at radius 1 is 1.42 bits per heavy atom. The largest absolute Gasteiger partial charge is 0.338 e. The number of halogens is 1. The number of benzene rings is 1. The second-order valence-electron chi connectivity index (χ2n) is 7.52. The van der Waals surface area contributed by atoms with Crippen LogP contribution >= 0.6 is 0 Å². The molecule has 1 atom stereocenters. The van der Waals surface area contributed by atoms with Gasteiger partial charge in [-0.15, -0.1) is 0 Å². The standard InChI is InChI=1S/C19H22FN3O/c1-19(10-21)6-7-23(11-19)18(24)15-9-17(12-2-3-12)22-16-5-4-13(20)8-14(15)16/h4-5,8-9,12H,2-3,6-7,10-11,21H2,1H3. The average Bonchev–Trinajstić information content (AvgIpc) is 3.36. The van der Waals surface area contributed by atoms with E-state index < -0.39 is 0 Å². The first-order valence-corrected chi connectivity index (χ1v) is 8.59. The lowest BCUT2D eigenvalue weighted by Gasteiger charge is -2.23. The van der Waals surface area contributed by atoms with E-state index in [1.807, 2.05) is 11.0 Å². The Balaban J connectivity index is 1.77. The molecule has 1 saturated heterocycles. The fourth-order valence-corrected chi connectivity index (χ4v) is 3.52. The molecule has 1 amide bonds. The fraction of sp³-hybridized carbons (Fsp3) is 0.474. The van der Waals surface area contributed by atoms with E-state index in [1.165, 1.54) is 12.1 Å². The number of pyridine rings is 1. The number of rotatable bonds is 3. The molecule has 2 aromatic rings. The molecule has 0 bridgehead atoms. The topological polar surface area (TPSA) is 59.2 Å². The van der Waals surface area contributed by atoms with Gasteiger partial charge in [0, 0.05) is 30.1 Å². The van der Waals surface area contributed by atoms with Crippen molar-refractivity contribution in [2.24, 2.45) is 11.1 Å². The van der Waals surface area contributed by atoms with Crippen molar-refractivity contribution in [1.29, 1.82) is 0 Å². The first kappa shape index (κ1) is 15.5. The normalized spacial score (nSPS) is 23.9. The van der Waals surface area contributed by atoms with Gasteiger partial charge in [0.05, 0.1) is 11.1 Å². The summed E-state index contributed by atoms with van der Waals surface area (Å²) in [5.41, 5.74) is 8.06. The van der Waals surface area contributed by atoms with Gasteiger partial charge in [-0.3, -0.25) is 9.78 Å². The summed E-state index contributed by atoms with van der Waals surface area (Å²) in [6.45, 7) is 4.03. The smallest absolute Gasteiger partial charge is 0.254 e. The molecule has 1 saturated carbocycles. The number of amides is 1. The van der Waals surface area contributed by atoms with Crippen molar-refractivity contribution in [1.82, 2.24) is 9.88 Å². The van der Waals surface area contributed by atoms with E-state index in [1.54, 1.807) is 6.07 Å². The van der Waals surface area contributed by atoms with E-state index in [-0.39, 0.29) is 17.1 Å². The number of hydrogen-bond acceptors (Lipinski definition) is 3. The van der Waals surface area contributed by atoms with Crippen LogP contribution in [0.25, 0.3) is 10.9 Å². The molecular formula is C19H22FN3O. The number of fused-ring (bicyclic) bond motifs is 1. The second kappa shape index (κ2) is 5.52. The van der Waals surface area contributed by atoms with Gasteiger partial charge in [0.1, 0.15) is 5.82 Å². The number of aromatic nitrogens is 1. The number of carbonyl (C=O) groups excluding carboxylic acids is 1. The second-order valence-corrected chi connectivity index (χ2v) is 7.52. The van der Waals surface area contributed by atoms with Gasteiger partial charge in [0.15, 0.2) is 0 Å². The highest BCUT2D eigenvalue weighted by Crippen LogP contribution is 2.40. The Hall–Kier alpha value is -2.01. The average molecular weight is 327 g/mol. The molecule has 2 heterocycles. The molecule has 126 valence electrons. The third-order valence-corrected chi connectivity index (χ3v) is 5.35. The molecule has 0 spiro atoms. The van der Waals surface area contributed by atoms with Gasteiger partial charge in [0.2, 0.25) is 0 Å². The summed E-state index contributed by atoms with van der Waals surface area (Å²) in [7, 11) is 0. The lowest BCUT2D eigenvalue weighted by atomic mass is 9.90. The highest BCUT2D eigenvalue weighted by atomic mass is 19.1. The zero-order chi connectivity index (χ0) is 16.9. The van der Waals surface area contributed by atoms with Gasteiger partial charge < -0.3 is 10.6 Å². The van der Waals surface area contributed by atoms with Crippen molar-refractivity contribution >= 4 is 16.8 Å². The van der Waals surface area contributed by atoms with Crippen molar-refractivity contribution in [3.8, 4) is 0 Å². The number of likely N-dealkylation sites (tertiary alicyclic amines) is 1. The molecule has 2 N–H and O–H groups in total. The van der Waals surface area contributed by atoms with Crippen LogP contribution in [0.3, 0.4) is 0 Å². The third-order valence-electron chi connectivity index (χ3n) is 5.35. The summed E-state index contributed by atoms with van der Waals surface area (Å²) in [5.74, 6) is 0.0664. The monoisotopic (exact) mass is 327 g/mol. The van der Waals surface area contributed by atoms with Crippen LogP contribution in [-0.2, 0) is 0 Å². The molecule has 1 unspecified atom stereocenters. The van der Waals surface area contributed by atoms with Gasteiger partial charge in [-0.2, -0.15) is 0 Å². The number of hydrogen-bond donors (Lipinski definition) is 1. The Morgan fingerprint density at radius 2 is 2.21 bits per heavy atom. The number of nitrogens with two attached hydrogens (primary N) is 1.